The van der Waals surface area contributed by atoms with E-state index < -0.39 is 0 Å². The number of benzene rings is 1. The van der Waals surface area contributed by atoms with Gasteiger partial charge in [-0.1, -0.05) is 45.0 Å². The molecule has 0 radical (unpaired) electrons. The number of aryl methyl sites for hydroxylation is 1. The van der Waals surface area contributed by atoms with Gasteiger partial charge in [0.1, 0.15) is 5.01 Å². The summed E-state index contributed by atoms with van der Waals surface area (Å²) in [6.45, 7) is 6.46. The van der Waals surface area contributed by atoms with Crippen LogP contribution in [0.3, 0.4) is 0 Å². The van der Waals surface area contributed by atoms with Crippen LogP contribution in [0.15, 0.2) is 29.6 Å². The van der Waals surface area contributed by atoms with Gasteiger partial charge in [0.25, 0.3) is 0 Å². The normalized spacial score (nSPS) is 12.9. The monoisotopic (exact) mass is 260 g/mol. The molecule has 0 aliphatic rings. The number of hydrogen-bond acceptors (Lipinski definition) is 3. The van der Waals surface area contributed by atoms with Gasteiger partial charge in [0, 0.05) is 5.38 Å². The third kappa shape index (κ3) is 2.79. The van der Waals surface area contributed by atoms with E-state index >= 15 is 0 Å². The Morgan fingerprint density at radius 1 is 1.22 bits per heavy atom. The Labute approximate surface area is 113 Å². The summed E-state index contributed by atoms with van der Waals surface area (Å²) in [5, 5.41) is 3.11. The summed E-state index contributed by atoms with van der Waals surface area (Å²) in [5.74, 6) is 0.463. The predicted molar refractivity (Wildman–Crippen MR) is 78.1 cm³/mol. The van der Waals surface area contributed by atoms with Crippen molar-refractivity contribution in [1.82, 2.24) is 4.98 Å². The molecule has 0 fully saturated rings. The zero-order valence-electron chi connectivity index (χ0n) is 11.2. The zero-order valence-corrected chi connectivity index (χ0v) is 12.0. The molecule has 3 heteroatoms. The number of hydrogen-bond donors (Lipinski definition) is 1. The van der Waals surface area contributed by atoms with Crippen LogP contribution in [0, 0.1) is 0 Å². The largest absolute Gasteiger partial charge is 0.318 e. The SMILES string of the molecule is CCc1ccc(C(N)c2nc(C(C)C)cs2)cc1. The molecule has 96 valence electrons. The molecule has 1 heterocycles. The fraction of sp³-hybridized carbons (Fsp3) is 0.400. The van der Waals surface area contributed by atoms with E-state index in [1.165, 1.54) is 5.56 Å². The highest BCUT2D eigenvalue weighted by molar-refractivity contribution is 7.09. The zero-order chi connectivity index (χ0) is 13.1. The van der Waals surface area contributed by atoms with Crippen LogP contribution in [0.1, 0.15) is 54.6 Å². The molecule has 2 aromatic rings. The molecule has 0 bridgehead atoms. The van der Waals surface area contributed by atoms with Gasteiger partial charge in [0.2, 0.25) is 0 Å². The van der Waals surface area contributed by atoms with Crippen LogP contribution >= 0.6 is 11.3 Å². The van der Waals surface area contributed by atoms with Gasteiger partial charge in [0.15, 0.2) is 0 Å². The molecule has 0 saturated carbocycles. The number of thiazole rings is 1. The summed E-state index contributed by atoms with van der Waals surface area (Å²) >= 11 is 1.65. The minimum atomic E-state index is -0.103. The van der Waals surface area contributed by atoms with Gasteiger partial charge >= 0.3 is 0 Å². The summed E-state index contributed by atoms with van der Waals surface area (Å²) in [6, 6.07) is 8.41. The van der Waals surface area contributed by atoms with Crippen molar-refractivity contribution in [2.45, 2.75) is 39.2 Å². The number of rotatable bonds is 4. The average Bonchev–Trinajstić information content (AvgIpc) is 2.88. The first kappa shape index (κ1) is 13.2. The molecule has 2 rings (SSSR count). The van der Waals surface area contributed by atoms with Crippen molar-refractivity contribution in [3.8, 4) is 0 Å². The summed E-state index contributed by atoms with van der Waals surface area (Å²) in [4.78, 5) is 4.62. The van der Waals surface area contributed by atoms with Crippen molar-refractivity contribution in [3.63, 3.8) is 0 Å². The van der Waals surface area contributed by atoms with Crippen LogP contribution in [0.5, 0.6) is 0 Å². The molecule has 2 nitrogen and oxygen atoms in total. The fourth-order valence-corrected chi connectivity index (χ4v) is 2.82. The molecule has 18 heavy (non-hydrogen) atoms. The third-order valence-electron chi connectivity index (χ3n) is 3.14. The summed E-state index contributed by atoms with van der Waals surface area (Å²) < 4.78 is 0. The Morgan fingerprint density at radius 3 is 2.39 bits per heavy atom. The van der Waals surface area contributed by atoms with E-state index in [-0.39, 0.29) is 6.04 Å². The molecule has 1 unspecified atom stereocenters. The molecule has 2 N–H and O–H groups in total. The number of nitrogens with two attached hydrogens (primary N) is 1. The molecule has 0 aliphatic heterocycles. The molecule has 1 atom stereocenters. The van der Waals surface area contributed by atoms with Gasteiger partial charge in [-0.25, -0.2) is 4.98 Å². The summed E-state index contributed by atoms with van der Waals surface area (Å²) in [6.07, 6.45) is 1.06. The van der Waals surface area contributed by atoms with Crippen LogP contribution in [-0.2, 0) is 6.42 Å². The lowest BCUT2D eigenvalue weighted by molar-refractivity contribution is 0.795. The molecule has 0 spiro atoms. The number of aromatic nitrogens is 1. The Hall–Kier alpha value is -1.19. The van der Waals surface area contributed by atoms with E-state index in [2.05, 4.69) is 55.4 Å². The van der Waals surface area contributed by atoms with Crippen molar-refractivity contribution in [2.75, 3.05) is 0 Å². The lowest BCUT2D eigenvalue weighted by atomic mass is 10.0. The molecular weight excluding hydrogens is 240 g/mol. The highest BCUT2D eigenvalue weighted by Crippen LogP contribution is 2.26. The Bertz CT molecular complexity index is 499. The van der Waals surface area contributed by atoms with E-state index in [1.54, 1.807) is 11.3 Å². The quantitative estimate of drug-likeness (QED) is 0.906. The topological polar surface area (TPSA) is 38.9 Å². The summed E-state index contributed by atoms with van der Waals surface area (Å²) in [5.41, 5.74) is 9.88. The van der Waals surface area contributed by atoms with Crippen molar-refractivity contribution < 1.29 is 0 Å². The van der Waals surface area contributed by atoms with Gasteiger partial charge < -0.3 is 5.73 Å². The smallest absolute Gasteiger partial charge is 0.114 e. The molecule has 1 aromatic carbocycles. The van der Waals surface area contributed by atoms with Crippen molar-refractivity contribution in [3.05, 3.63) is 51.5 Å². The molecule has 0 amide bonds. The first-order valence-electron chi connectivity index (χ1n) is 6.41. The van der Waals surface area contributed by atoms with E-state index in [4.69, 9.17) is 5.73 Å². The fourth-order valence-electron chi connectivity index (χ4n) is 1.81. The lowest BCUT2D eigenvalue weighted by Gasteiger charge is -2.09. The maximum atomic E-state index is 6.27. The van der Waals surface area contributed by atoms with Crippen LogP contribution in [0.2, 0.25) is 0 Å². The molecule has 0 saturated heterocycles. The maximum absolute atomic E-state index is 6.27. The first-order chi connectivity index (χ1) is 8.61. The highest BCUT2D eigenvalue weighted by Gasteiger charge is 2.14. The average molecular weight is 260 g/mol. The van der Waals surface area contributed by atoms with Crippen molar-refractivity contribution in [2.24, 2.45) is 5.73 Å². The first-order valence-corrected chi connectivity index (χ1v) is 7.29. The second-order valence-corrected chi connectivity index (χ2v) is 5.73. The van der Waals surface area contributed by atoms with Gasteiger partial charge in [-0.3, -0.25) is 0 Å². The van der Waals surface area contributed by atoms with Crippen molar-refractivity contribution >= 4 is 11.3 Å². The van der Waals surface area contributed by atoms with Crippen LogP contribution in [0.25, 0.3) is 0 Å². The highest BCUT2D eigenvalue weighted by atomic mass is 32.1. The van der Waals surface area contributed by atoms with E-state index in [9.17, 15) is 0 Å². The third-order valence-corrected chi connectivity index (χ3v) is 4.09. The van der Waals surface area contributed by atoms with Gasteiger partial charge in [-0.05, 0) is 23.5 Å². The van der Waals surface area contributed by atoms with Crippen LogP contribution in [0.4, 0.5) is 0 Å². The van der Waals surface area contributed by atoms with E-state index in [0.717, 1.165) is 22.7 Å². The van der Waals surface area contributed by atoms with Crippen LogP contribution < -0.4 is 5.73 Å². The Morgan fingerprint density at radius 2 is 1.89 bits per heavy atom. The Balaban J connectivity index is 2.20. The second-order valence-electron chi connectivity index (χ2n) is 4.84. The number of nitrogens with zero attached hydrogens (tertiary/aromatic N) is 1. The van der Waals surface area contributed by atoms with E-state index in [0.29, 0.717) is 5.92 Å². The standard InChI is InChI=1S/C15H20N2S/c1-4-11-5-7-12(8-6-11)14(16)15-17-13(9-18-15)10(2)3/h5-10,14H,4,16H2,1-3H3. The van der Waals surface area contributed by atoms with Crippen molar-refractivity contribution in [1.29, 1.82) is 0 Å². The van der Waals surface area contributed by atoms with Gasteiger partial charge in [-0.2, -0.15) is 0 Å². The second kappa shape index (κ2) is 5.63. The lowest BCUT2D eigenvalue weighted by Crippen LogP contribution is -2.11. The van der Waals surface area contributed by atoms with Gasteiger partial charge in [-0.15, -0.1) is 11.3 Å². The Kier molecular flexibility index (Phi) is 4.15. The minimum absolute atomic E-state index is 0.103. The minimum Gasteiger partial charge on any atom is -0.318 e. The van der Waals surface area contributed by atoms with E-state index in [1.807, 2.05) is 0 Å². The summed E-state index contributed by atoms with van der Waals surface area (Å²) in [7, 11) is 0. The maximum Gasteiger partial charge on any atom is 0.114 e. The predicted octanol–water partition coefficient (Wildman–Crippen LogP) is 3.88. The van der Waals surface area contributed by atoms with Crippen LogP contribution in [-0.4, -0.2) is 4.98 Å². The molecular formula is C15H20N2S. The molecule has 1 aromatic heterocycles. The molecule has 0 aliphatic carbocycles. The van der Waals surface area contributed by atoms with Gasteiger partial charge in [0.05, 0.1) is 11.7 Å².